The van der Waals surface area contributed by atoms with Crippen LogP contribution < -0.4 is 0 Å². The number of nitrogens with zero attached hydrogens (tertiary/aromatic N) is 3. The van der Waals surface area contributed by atoms with Crippen molar-refractivity contribution in [3.63, 3.8) is 0 Å². The number of carbonyl (C=O) groups is 1. The summed E-state index contributed by atoms with van der Waals surface area (Å²) < 4.78 is 7.25. The number of nitriles is 1. The molecule has 1 heterocycles. The molecule has 0 saturated heterocycles. The Morgan fingerprint density at radius 1 is 1.12 bits per heavy atom. The Hall–Kier alpha value is -1.67. The number of ketones is 1. The summed E-state index contributed by atoms with van der Waals surface area (Å²) in [6.45, 7) is 3.72. The predicted molar refractivity (Wildman–Crippen MR) is 130 cm³/mol. The van der Waals surface area contributed by atoms with Gasteiger partial charge in [-0.05, 0) is 117 Å². The van der Waals surface area contributed by atoms with Crippen LogP contribution in [0.4, 0.5) is 0 Å². The smallest absolute Gasteiger partial charge is 0.157 e. The zero-order valence-electron chi connectivity index (χ0n) is 21.0. The maximum Gasteiger partial charge on any atom is 0.157 e. The van der Waals surface area contributed by atoms with Crippen LogP contribution in [0.2, 0.25) is 0 Å². The normalized spacial score (nSPS) is 43.4. The van der Waals surface area contributed by atoms with E-state index < -0.39 is 0 Å². The Bertz CT molecular complexity index is 976. The summed E-state index contributed by atoms with van der Waals surface area (Å²) >= 11 is 0. The summed E-state index contributed by atoms with van der Waals surface area (Å²) in [6.07, 6.45) is 18.0. The first-order chi connectivity index (χ1) is 16.5. The number of fused-ring (bicyclic) bond motifs is 5. The van der Waals surface area contributed by atoms with Gasteiger partial charge in [0.25, 0.3) is 0 Å². The van der Waals surface area contributed by atoms with E-state index in [2.05, 4.69) is 18.1 Å². The number of hydrogen-bond donors (Lipinski definition) is 0. The Morgan fingerprint density at radius 3 is 2.68 bits per heavy atom. The van der Waals surface area contributed by atoms with Gasteiger partial charge in [-0.2, -0.15) is 10.4 Å². The highest BCUT2D eigenvalue weighted by molar-refractivity contribution is 5.82. The van der Waals surface area contributed by atoms with E-state index in [1.54, 1.807) is 17.1 Å². The van der Waals surface area contributed by atoms with Crippen LogP contribution in [0.3, 0.4) is 0 Å². The second-order valence-electron chi connectivity index (χ2n) is 12.8. The standard InChI is InChI=1S/C29H41N3O2/c1-28-11-10-25-23(6-5-22-13-19(18-34-2)9-12-29(22,25)21-3-4-21)24(28)7-8-26(28)27(33)17-32-16-20(14-30)15-31-32/h15-16,19,21-26H,3-13,17-18H2,1-2H3/t19-,22+,23-,24?,25?,26+,28-,29+/m0/s1. The maximum absolute atomic E-state index is 13.5. The average Bonchev–Trinajstić information content (AvgIpc) is 3.49. The lowest BCUT2D eigenvalue weighted by molar-refractivity contribution is -0.148. The fourth-order valence-corrected chi connectivity index (χ4v) is 10.2. The zero-order valence-corrected chi connectivity index (χ0v) is 21.0. The van der Waals surface area contributed by atoms with Gasteiger partial charge in [0.15, 0.2) is 5.78 Å². The van der Waals surface area contributed by atoms with Gasteiger partial charge in [-0.3, -0.25) is 9.48 Å². The third-order valence-corrected chi connectivity index (χ3v) is 11.5. The van der Waals surface area contributed by atoms with Crippen molar-refractivity contribution in [3.8, 4) is 6.07 Å². The molecule has 5 aliphatic rings. The molecule has 184 valence electrons. The summed E-state index contributed by atoms with van der Waals surface area (Å²) in [6, 6.07) is 2.12. The van der Waals surface area contributed by atoms with Crippen LogP contribution in [0.15, 0.2) is 12.4 Å². The Balaban J connectivity index is 1.21. The first kappa shape index (κ1) is 22.8. The fraction of sp³-hybridized carbons (Fsp3) is 0.828. The van der Waals surface area contributed by atoms with Crippen molar-refractivity contribution in [2.24, 2.45) is 52.3 Å². The highest BCUT2D eigenvalue weighted by Crippen LogP contribution is 2.72. The number of methoxy groups -OCH3 is 1. The fourth-order valence-electron chi connectivity index (χ4n) is 10.2. The van der Waals surface area contributed by atoms with Gasteiger partial charge in [0, 0.05) is 25.8 Å². The Kier molecular flexibility index (Phi) is 5.67. The summed E-state index contributed by atoms with van der Waals surface area (Å²) in [4.78, 5) is 13.5. The summed E-state index contributed by atoms with van der Waals surface area (Å²) in [7, 11) is 1.87. The van der Waals surface area contributed by atoms with E-state index in [1.807, 2.05) is 7.11 Å². The molecule has 5 nitrogen and oxygen atoms in total. The molecule has 1 aromatic rings. The van der Waals surface area contributed by atoms with Crippen molar-refractivity contribution in [2.45, 2.75) is 84.1 Å². The highest BCUT2D eigenvalue weighted by atomic mass is 16.5. The minimum Gasteiger partial charge on any atom is -0.384 e. The van der Waals surface area contributed by atoms with Gasteiger partial charge in [0.1, 0.15) is 6.07 Å². The van der Waals surface area contributed by atoms with Gasteiger partial charge in [0.05, 0.1) is 18.3 Å². The van der Waals surface area contributed by atoms with Gasteiger partial charge >= 0.3 is 0 Å². The molecule has 0 bridgehead atoms. The molecular weight excluding hydrogens is 422 g/mol. The van der Waals surface area contributed by atoms with Crippen LogP contribution in [-0.2, 0) is 16.1 Å². The largest absolute Gasteiger partial charge is 0.384 e. The molecule has 5 fully saturated rings. The molecule has 1 aromatic heterocycles. The first-order valence-corrected chi connectivity index (χ1v) is 13.9. The summed E-state index contributed by atoms with van der Waals surface area (Å²) in [5.41, 5.74) is 1.28. The van der Waals surface area contributed by atoms with Crippen LogP contribution in [-0.4, -0.2) is 29.3 Å². The minimum atomic E-state index is 0.147. The van der Waals surface area contributed by atoms with Crippen LogP contribution in [0.5, 0.6) is 0 Å². The minimum absolute atomic E-state index is 0.147. The van der Waals surface area contributed by atoms with Crippen LogP contribution >= 0.6 is 0 Å². The molecule has 5 aliphatic carbocycles. The SMILES string of the molecule is COC[C@H]1CC[C@]2(C3CC3)C3CC[C@@]4(C)C(CC[C@@H]4C(=O)Cn4cc(C#N)cn4)[C@@H]3CC[C@@H]2C1. The number of hydrogen-bond acceptors (Lipinski definition) is 4. The van der Waals surface area contributed by atoms with Crippen molar-refractivity contribution in [1.29, 1.82) is 5.26 Å². The number of carbonyl (C=O) groups excluding carboxylic acids is 1. The Morgan fingerprint density at radius 2 is 1.94 bits per heavy atom. The maximum atomic E-state index is 13.5. The lowest BCUT2D eigenvalue weighted by Crippen LogP contribution is -2.56. The number of aromatic nitrogens is 2. The molecular formula is C29H41N3O2. The van der Waals surface area contributed by atoms with E-state index in [1.165, 1.54) is 64.2 Å². The van der Waals surface area contributed by atoms with Gasteiger partial charge in [-0.15, -0.1) is 0 Å². The third kappa shape index (κ3) is 3.42. The van der Waals surface area contributed by atoms with Gasteiger partial charge in [-0.1, -0.05) is 6.92 Å². The molecule has 5 saturated carbocycles. The molecule has 0 N–H and O–H groups in total. The first-order valence-electron chi connectivity index (χ1n) is 13.9. The van der Waals surface area contributed by atoms with Crippen molar-refractivity contribution in [3.05, 3.63) is 18.0 Å². The molecule has 8 atom stereocenters. The molecule has 6 rings (SSSR count). The van der Waals surface area contributed by atoms with E-state index in [4.69, 9.17) is 10.00 Å². The zero-order chi connectivity index (χ0) is 23.5. The quantitative estimate of drug-likeness (QED) is 0.548. The molecule has 0 aliphatic heterocycles. The van der Waals surface area contributed by atoms with Crippen molar-refractivity contribution in [2.75, 3.05) is 13.7 Å². The number of ether oxygens (including phenoxy) is 1. The van der Waals surface area contributed by atoms with E-state index in [-0.39, 0.29) is 11.3 Å². The lowest BCUT2D eigenvalue weighted by Gasteiger charge is -2.62. The lowest BCUT2D eigenvalue weighted by atomic mass is 9.42. The molecule has 34 heavy (non-hydrogen) atoms. The van der Waals surface area contributed by atoms with Gasteiger partial charge in [0.2, 0.25) is 0 Å². The monoisotopic (exact) mass is 463 g/mol. The molecule has 0 amide bonds. The second kappa shape index (κ2) is 8.47. The van der Waals surface area contributed by atoms with Crippen LogP contribution in [0.25, 0.3) is 0 Å². The average molecular weight is 464 g/mol. The van der Waals surface area contributed by atoms with Crippen LogP contribution in [0.1, 0.15) is 83.1 Å². The van der Waals surface area contributed by atoms with Crippen molar-refractivity contribution >= 4 is 5.78 Å². The molecule has 0 aromatic carbocycles. The summed E-state index contributed by atoms with van der Waals surface area (Å²) in [5, 5.41) is 13.4. The topological polar surface area (TPSA) is 67.9 Å². The summed E-state index contributed by atoms with van der Waals surface area (Å²) in [5.74, 6) is 5.56. The van der Waals surface area contributed by atoms with E-state index >= 15 is 0 Å². The van der Waals surface area contributed by atoms with E-state index in [9.17, 15) is 4.79 Å². The van der Waals surface area contributed by atoms with E-state index in [0.717, 1.165) is 42.6 Å². The van der Waals surface area contributed by atoms with Gasteiger partial charge in [-0.25, -0.2) is 0 Å². The number of Topliss-reactive ketones (excluding diaryl/α,β-unsaturated/α-hetero) is 1. The van der Waals surface area contributed by atoms with E-state index in [0.29, 0.717) is 29.2 Å². The van der Waals surface area contributed by atoms with Crippen LogP contribution in [0, 0.1) is 63.6 Å². The predicted octanol–water partition coefficient (Wildman–Crippen LogP) is 5.64. The second-order valence-corrected chi connectivity index (χ2v) is 12.8. The Labute approximate surface area is 204 Å². The molecule has 2 unspecified atom stereocenters. The molecule has 5 heteroatoms. The molecule has 0 radical (unpaired) electrons. The van der Waals surface area contributed by atoms with Crippen molar-refractivity contribution < 1.29 is 9.53 Å². The molecule has 0 spiro atoms. The van der Waals surface area contributed by atoms with Crippen molar-refractivity contribution in [1.82, 2.24) is 9.78 Å². The number of rotatable bonds is 6. The van der Waals surface area contributed by atoms with Gasteiger partial charge < -0.3 is 4.74 Å². The highest BCUT2D eigenvalue weighted by Gasteiger charge is 2.65. The third-order valence-electron chi connectivity index (χ3n) is 11.5.